The number of fused-ring (bicyclic) bond motifs is 11. The maximum atomic E-state index is 13.2. The number of thiophene rings is 1. The molecule has 4 saturated heterocycles. The Bertz CT molecular complexity index is 6020. The highest BCUT2D eigenvalue weighted by atomic mass is 35.5. The number of aliphatic imine (C=N–C) groups is 4. The van der Waals surface area contributed by atoms with Crippen molar-refractivity contribution in [2.75, 3.05) is 74.1 Å². The van der Waals surface area contributed by atoms with Gasteiger partial charge in [0.2, 0.25) is 29.0 Å². The Morgan fingerprint density at radius 1 is 0.438 bits per heavy atom. The van der Waals surface area contributed by atoms with Crippen molar-refractivity contribution >= 4 is 148 Å². The zero-order chi connectivity index (χ0) is 78.9. The molecule has 4 fully saturated rings. The van der Waals surface area contributed by atoms with Crippen molar-refractivity contribution in [3.05, 3.63) is 222 Å². The Balaban J connectivity index is 0.000000113. The van der Waals surface area contributed by atoms with Gasteiger partial charge in [0, 0.05) is 125 Å². The topological polar surface area (TPSA) is 285 Å². The molecule has 13 heterocycles. The van der Waals surface area contributed by atoms with Crippen LogP contribution in [-0.2, 0) is 6.54 Å². The number of benzene rings is 6. The smallest absolute Gasteiger partial charge is 0.232 e. The summed E-state index contributed by atoms with van der Waals surface area (Å²) in [7, 11) is 7.17. The largest absolute Gasteiger partial charge is 0.495 e. The number of pyridine rings is 4. The quantitative estimate of drug-likeness (QED) is 0.110. The van der Waals surface area contributed by atoms with E-state index in [1.807, 2.05) is 194 Å². The van der Waals surface area contributed by atoms with Crippen LogP contribution in [0.1, 0.15) is 116 Å². The summed E-state index contributed by atoms with van der Waals surface area (Å²) in [6.45, 7) is 18.6. The summed E-state index contributed by atoms with van der Waals surface area (Å²) < 4.78 is 10.4. The number of aromatic nitrogens is 4. The number of Topliss-reactive ketones (excluding diaryl/α,β-unsaturated/α-hetero) is 4. The number of carbonyl (C=O) groups is 4. The number of ether oxygens (including phenoxy) is 2. The van der Waals surface area contributed by atoms with Crippen molar-refractivity contribution in [2.24, 2.45) is 20.0 Å². The van der Waals surface area contributed by atoms with Gasteiger partial charge in [0.1, 0.15) is 34.1 Å². The molecule has 19 rings (SSSR count). The van der Waals surface area contributed by atoms with Gasteiger partial charge >= 0.3 is 0 Å². The molecule has 568 valence electrons. The Kier molecular flexibility index (Phi) is 18.8. The number of methoxy groups -OCH3 is 2. The van der Waals surface area contributed by atoms with E-state index >= 15 is 0 Å². The van der Waals surface area contributed by atoms with Gasteiger partial charge in [-0.15, -0.1) is 11.3 Å². The molecule has 4 atom stereocenters. The highest BCUT2D eigenvalue weighted by Crippen LogP contribution is 2.47. The molecule has 0 radical (unpaired) electrons. The van der Waals surface area contributed by atoms with Crippen LogP contribution in [0, 0.1) is 55.4 Å². The standard InChI is InChI=1S/C25H26N4O2.C23H21N3O3.C20H17N3O2S.C19H18ClN3O3/c1-15-9-20-22(10-16(15)2)27-24-25(31,23(20)30)7-8-29(24)19-5-6-21-18(12-19)11-17(13-26-21)14-28(3)4;1-13-8-18-20(9-14(13)2)25-22-23(28,21(18)27)6-7-26(22)16-4-5-19-15(10-16)11-17(29-3)12-24-19;1-11-3-4-13-10-14(5-6-15(13)21-11)23-8-7-20(25)18(24)17-16(22-19(20)23)9-12(2)26-17;1-10-6-13-15(7-11(10)2)22-18-19(25,16(13)24)4-5-23(18)12-8-14(20)17(26-3)21-9-12/h5-6,9-13,31H,7-8,14H2,1-4H3;4-5,8-12,28H,6-7H2,1-3H3;3-6,9-10,25H,7-8H2,1-2H3;6-9,25H,4-5H2,1-3H3/t25-;23-;20-;19-/m1111/s1. The molecule has 11 aromatic rings. The normalized spacial score (nSPS) is 20.9. The predicted molar refractivity (Wildman–Crippen MR) is 440 cm³/mol. The molecule has 6 aromatic carbocycles. The first-order valence-corrected chi connectivity index (χ1v) is 38.2. The van der Waals surface area contributed by atoms with Crippen molar-refractivity contribution in [3.63, 3.8) is 0 Å². The lowest BCUT2D eigenvalue weighted by Crippen LogP contribution is -2.48. The number of rotatable bonds is 8. The van der Waals surface area contributed by atoms with Gasteiger partial charge in [-0.2, -0.15) is 0 Å². The van der Waals surface area contributed by atoms with Crippen LogP contribution in [0.3, 0.4) is 0 Å². The third kappa shape index (κ3) is 12.7. The number of ketones is 4. The minimum atomic E-state index is -1.62. The molecule has 0 bridgehead atoms. The van der Waals surface area contributed by atoms with Crippen LogP contribution >= 0.6 is 22.9 Å². The van der Waals surface area contributed by atoms with E-state index in [4.69, 9.17) is 31.1 Å². The summed E-state index contributed by atoms with van der Waals surface area (Å²) in [4.78, 5) is 100. The van der Waals surface area contributed by atoms with Gasteiger partial charge in [0.15, 0.2) is 22.4 Å². The summed E-state index contributed by atoms with van der Waals surface area (Å²) in [5, 5.41) is 48.1. The third-order valence-corrected chi connectivity index (χ3v) is 23.8. The van der Waals surface area contributed by atoms with E-state index in [1.54, 1.807) is 36.5 Å². The Hall–Kier alpha value is -11.4. The van der Waals surface area contributed by atoms with E-state index < -0.39 is 22.4 Å². The van der Waals surface area contributed by atoms with Crippen LogP contribution in [0.5, 0.6) is 11.6 Å². The zero-order valence-electron chi connectivity index (χ0n) is 64.1. The SMILES string of the molecule is COc1cnc2ccc(N3CC[C@@]4(O)C(=O)c5cc(C)c(C)cc5N=C34)cc2c1.COc1ncc(N2CC[C@@]3(O)C(=O)c4cc(C)c(C)cc4N=C23)cc1Cl.Cc1cc2c(cc1C)C(=O)[C@]1(O)CCN(c3ccc4ncc(CN(C)C)cc4c3)C1=N2.Cc1ccc2cc(N3CC[C@@]4(O)C(=O)c5sc(C)cc5N=C34)ccc2n1. The van der Waals surface area contributed by atoms with Crippen LogP contribution in [0.25, 0.3) is 32.7 Å². The van der Waals surface area contributed by atoms with E-state index in [-0.39, 0.29) is 29.6 Å². The minimum Gasteiger partial charge on any atom is -0.495 e. The second kappa shape index (κ2) is 28.1. The van der Waals surface area contributed by atoms with Crippen molar-refractivity contribution in [2.45, 2.75) is 110 Å². The molecule has 0 saturated carbocycles. The molecule has 8 aliphatic rings. The number of nitrogens with zero attached hydrogens (tertiary/aromatic N) is 13. The molecule has 112 heavy (non-hydrogen) atoms. The molecular weight excluding hydrogens is 1450 g/mol. The molecule has 25 heteroatoms. The first kappa shape index (κ1) is 74.7. The number of halogens is 1. The molecule has 5 aromatic heterocycles. The number of amidine groups is 4. The third-order valence-electron chi connectivity index (χ3n) is 22.5. The summed E-state index contributed by atoms with van der Waals surface area (Å²) in [5.41, 5.74) is 12.1. The van der Waals surface area contributed by atoms with Crippen molar-refractivity contribution in [1.82, 2.24) is 24.8 Å². The number of aryl methyl sites for hydroxylation is 8. The number of carbonyl (C=O) groups excluding carboxylic acids is 4. The highest BCUT2D eigenvalue weighted by Gasteiger charge is 2.56. The molecule has 4 N–H and O–H groups in total. The average Bonchev–Trinajstić information content (AvgIpc) is 1.56. The zero-order valence-corrected chi connectivity index (χ0v) is 65.6. The number of hydrogen-bond acceptors (Lipinski definition) is 24. The summed E-state index contributed by atoms with van der Waals surface area (Å²) in [6, 6.07) is 40.8. The maximum absolute atomic E-state index is 13.2. The lowest BCUT2D eigenvalue weighted by Gasteiger charge is -2.30. The van der Waals surface area contributed by atoms with Gasteiger partial charge in [-0.3, -0.25) is 34.1 Å². The Morgan fingerprint density at radius 2 is 0.857 bits per heavy atom. The van der Waals surface area contributed by atoms with Crippen LogP contribution in [-0.4, -0.2) is 169 Å². The molecule has 8 aliphatic heterocycles. The van der Waals surface area contributed by atoms with Crippen LogP contribution < -0.4 is 29.1 Å². The van der Waals surface area contributed by atoms with E-state index in [9.17, 15) is 39.6 Å². The predicted octanol–water partition coefficient (Wildman–Crippen LogP) is 14.5. The number of hydrogen-bond donors (Lipinski definition) is 4. The monoisotopic (exact) mass is 1540 g/mol. The fraction of sp³-hybridized carbons (Fsp3) is 0.287. The minimum absolute atomic E-state index is 0.226. The summed E-state index contributed by atoms with van der Waals surface area (Å²) in [5.74, 6) is 1.51. The van der Waals surface area contributed by atoms with E-state index in [1.165, 1.54) is 18.4 Å². The lowest BCUT2D eigenvalue weighted by molar-refractivity contribution is 0.0600. The molecule has 0 spiro atoms. The van der Waals surface area contributed by atoms with Crippen molar-refractivity contribution < 1.29 is 49.1 Å². The van der Waals surface area contributed by atoms with Crippen molar-refractivity contribution in [1.29, 1.82) is 0 Å². The first-order valence-electron chi connectivity index (χ1n) is 37.0. The molecule has 0 unspecified atom stereocenters. The van der Waals surface area contributed by atoms with Crippen LogP contribution in [0.4, 0.5) is 45.5 Å². The van der Waals surface area contributed by atoms with Gasteiger partial charge < -0.3 is 54.4 Å². The lowest BCUT2D eigenvalue weighted by atomic mass is 9.86. The fourth-order valence-electron chi connectivity index (χ4n) is 15.9. The number of anilines is 4. The Labute approximate surface area is 655 Å². The first-order chi connectivity index (χ1) is 53.5. The van der Waals surface area contributed by atoms with Crippen LogP contribution in [0.2, 0.25) is 5.02 Å². The van der Waals surface area contributed by atoms with E-state index in [0.29, 0.717) is 135 Å². The molecule has 0 amide bonds. The van der Waals surface area contributed by atoms with E-state index in [0.717, 1.165) is 106 Å². The van der Waals surface area contributed by atoms with Crippen LogP contribution in [0.15, 0.2) is 166 Å². The van der Waals surface area contributed by atoms with Crippen molar-refractivity contribution in [3.8, 4) is 11.6 Å². The maximum Gasteiger partial charge on any atom is 0.232 e. The molecular formula is C87H82ClN13O10S. The summed E-state index contributed by atoms with van der Waals surface area (Å²) in [6.07, 6.45) is 6.44. The molecule has 23 nitrogen and oxygen atoms in total. The average molecular weight is 1540 g/mol. The van der Waals surface area contributed by atoms with Gasteiger partial charge in [-0.05, 0) is 230 Å². The van der Waals surface area contributed by atoms with Gasteiger partial charge in [0.25, 0.3) is 0 Å². The Morgan fingerprint density at radius 3 is 1.31 bits per heavy atom. The fourth-order valence-corrected chi connectivity index (χ4v) is 17.1. The van der Waals surface area contributed by atoms with Gasteiger partial charge in [0.05, 0.1) is 76.5 Å². The second-order valence-electron chi connectivity index (χ2n) is 30.3. The second-order valence-corrected chi connectivity index (χ2v) is 31.9. The molecule has 0 aliphatic carbocycles. The summed E-state index contributed by atoms with van der Waals surface area (Å²) >= 11 is 7.58. The van der Waals surface area contributed by atoms with Gasteiger partial charge in [-0.1, -0.05) is 17.7 Å². The highest BCUT2D eigenvalue weighted by molar-refractivity contribution is 7.14. The van der Waals surface area contributed by atoms with E-state index in [2.05, 4.69) is 47.0 Å². The van der Waals surface area contributed by atoms with Gasteiger partial charge in [-0.25, -0.2) is 25.0 Å². The number of aliphatic hydroxyl groups is 4.